The van der Waals surface area contributed by atoms with Crippen molar-refractivity contribution >= 4 is 17.7 Å². The number of hydrogen-bond acceptors (Lipinski definition) is 2. The maximum absolute atomic E-state index is 12.5. The number of halogens is 3. The van der Waals surface area contributed by atoms with Gasteiger partial charge in [-0.1, -0.05) is 13.3 Å². The molecule has 0 amide bonds. The third-order valence-corrected chi connectivity index (χ3v) is 3.45. The van der Waals surface area contributed by atoms with E-state index >= 15 is 0 Å². The van der Waals surface area contributed by atoms with Gasteiger partial charge in [0.05, 0.1) is 11.1 Å². The van der Waals surface area contributed by atoms with Gasteiger partial charge in [0.1, 0.15) is 0 Å². The summed E-state index contributed by atoms with van der Waals surface area (Å²) in [6, 6.07) is 2.84. The molecule has 0 fully saturated rings. The second-order valence-corrected chi connectivity index (χ2v) is 4.85. The summed E-state index contributed by atoms with van der Waals surface area (Å²) in [5.74, 6) is -0.637. The van der Waals surface area contributed by atoms with Gasteiger partial charge in [0.2, 0.25) is 0 Å². The largest absolute Gasteiger partial charge is 0.478 e. The highest BCUT2D eigenvalue weighted by atomic mass is 32.2. The van der Waals surface area contributed by atoms with Gasteiger partial charge in [0.15, 0.2) is 0 Å². The summed E-state index contributed by atoms with van der Waals surface area (Å²) >= 11 is 1.27. The SMILES string of the molecule is CCCCSc1ccc(C(F)(F)F)cc1C(=O)O. The lowest BCUT2D eigenvalue weighted by atomic mass is 10.1. The lowest BCUT2D eigenvalue weighted by Gasteiger charge is -2.10. The Kier molecular flexibility index (Phi) is 5.07. The fraction of sp³-hybridized carbons (Fsp3) is 0.417. The number of unbranched alkanes of at least 4 members (excludes halogenated alkanes) is 1. The van der Waals surface area contributed by atoms with Crippen molar-refractivity contribution in [2.45, 2.75) is 30.8 Å². The fourth-order valence-electron chi connectivity index (χ4n) is 1.33. The Morgan fingerprint density at radius 2 is 2.06 bits per heavy atom. The van der Waals surface area contributed by atoms with Crippen molar-refractivity contribution in [1.82, 2.24) is 0 Å². The van der Waals surface area contributed by atoms with Crippen molar-refractivity contribution < 1.29 is 23.1 Å². The molecule has 6 heteroatoms. The van der Waals surface area contributed by atoms with Gasteiger partial charge in [0.25, 0.3) is 0 Å². The number of carboxylic acids is 1. The normalized spacial score (nSPS) is 11.6. The van der Waals surface area contributed by atoms with E-state index < -0.39 is 17.7 Å². The minimum Gasteiger partial charge on any atom is -0.478 e. The Hall–Kier alpha value is -1.17. The molecule has 2 nitrogen and oxygen atoms in total. The third-order valence-electron chi connectivity index (χ3n) is 2.29. The number of hydrogen-bond donors (Lipinski definition) is 1. The molecule has 0 aliphatic heterocycles. The summed E-state index contributed by atoms with van der Waals surface area (Å²) in [5, 5.41) is 8.93. The minimum absolute atomic E-state index is 0.286. The van der Waals surface area contributed by atoms with E-state index in [9.17, 15) is 18.0 Å². The van der Waals surface area contributed by atoms with Crippen LogP contribution in [0.1, 0.15) is 35.7 Å². The summed E-state index contributed by atoms with van der Waals surface area (Å²) in [6.07, 6.45) is -2.67. The molecule has 18 heavy (non-hydrogen) atoms. The van der Waals surface area contributed by atoms with E-state index in [0.29, 0.717) is 16.7 Å². The number of aromatic carboxylic acids is 1. The van der Waals surface area contributed by atoms with Crippen LogP contribution in [-0.2, 0) is 6.18 Å². The standard InChI is InChI=1S/C12H13F3O2S/c1-2-3-6-18-10-5-4-8(12(13,14)15)7-9(10)11(16)17/h4-5,7H,2-3,6H2,1H3,(H,16,17). The summed E-state index contributed by atoms with van der Waals surface area (Å²) in [6.45, 7) is 1.99. The average molecular weight is 278 g/mol. The molecule has 1 aromatic rings. The van der Waals surface area contributed by atoms with Crippen LogP contribution in [0, 0.1) is 0 Å². The Labute approximate surface area is 107 Å². The van der Waals surface area contributed by atoms with Crippen LogP contribution in [0.25, 0.3) is 0 Å². The Morgan fingerprint density at radius 1 is 1.39 bits per heavy atom. The van der Waals surface area contributed by atoms with Gasteiger partial charge >= 0.3 is 12.1 Å². The highest BCUT2D eigenvalue weighted by Gasteiger charge is 2.31. The van der Waals surface area contributed by atoms with Crippen molar-refractivity contribution in [2.75, 3.05) is 5.75 Å². The first kappa shape index (κ1) is 14.9. The van der Waals surface area contributed by atoms with E-state index in [2.05, 4.69) is 0 Å². The molecule has 0 saturated carbocycles. The molecule has 100 valence electrons. The lowest BCUT2D eigenvalue weighted by molar-refractivity contribution is -0.137. The van der Waals surface area contributed by atoms with E-state index in [1.165, 1.54) is 17.8 Å². The van der Waals surface area contributed by atoms with Crippen LogP contribution in [0.4, 0.5) is 13.2 Å². The van der Waals surface area contributed by atoms with E-state index in [1.807, 2.05) is 6.92 Å². The summed E-state index contributed by atoms with van der Waals surface area (Å²) in [5.41, 5.74) is -1.22. The van der Waals surface area contributed by atoms with Crippen molar-refractivity contribution in [3.8, 4) is 0 Å². The number of carboxylic acid groups (broad SMARTS) is 1. The first-order valence-electron chi connectivity index (χ1n) is 5.43. The molecule has 0 aliphatic rings. The maximum atomic E-state index is 12.5. The van der Waals surface area contributed by atoms with Gasteiger partial charge in [-0.15, -0.1) is 11.8 Å². The molecule has 0 bridgehead atoms. The van der Waals surface area contributed by atoms with Gasteiger partial charge in [0, 0.05) is 4.90 Å². The first-order chi connectivity index (χ1) is 8.36. The average Bonchev–Trinajstić information content (AvgIpc) is 2.28. The molecular formula is C12H13F3O2S. The molecule has 0 atom stereocenters. The zero-order chi connectivity index (χ0) is 13.8. The highest BCUT2D eigenvalue weighted by molar-refractivity contribution is 7.99. The number of benzene rings is 1. The predicted molar refractivity (Wildman–Crippen MR) is 64.0 cm³/mol. The zero-order valence-electron chi connectivity index (χ0n) is 9.75. The summed E-state index contributed by atoms with van der Waals surface area (Å²) in [4.78, 5) is 11.3. The van der Waals surface area contributed by atoms with Crippen molar-refractivity contribution in [3.05, 3.63) is 29.3 Å². The molecule has 1 aromatic carbocycles. The summed E-state index contributed by atoms with van der Waals surface area (Å²) < 4.78 is 37.4. The lowest BCUT2D eigenvalue weighted by Crippen LogP contribution is -2.08. The van der Waals surface area contributed by atoms with Crippen molar-refractivity contribution in [1.29, 1.82) is 0 Å². The van der Waals surface area contributed by atoms with Gasteiger partial charge in [-0.25, -0.2) is 4.79 Å². The second kappa shape index (κ2) is 6.13. The maximum Gasteiger partial charge on any atom is 0.416 e. The van der Waals surface area contributed by atoms with Gasteiger partial charge in [-0.05, 0) is 30.4 Å². The number of thioether (sulfide) groups is 1. The van der Waals surface area contributed by atoms with Crippen LogP contribution in [0.2, 0.25) is 0 Å². The summed E-state index contributed by atoms with van der Waals surface area (Å²) in [7, 11) is 0. The van der Waals surface area contributed by atoms with Gasteiger partial charge in [-0.3, -0.25) is 0 Å². The highest BCUT2D eigenvalue weighted by Crippen LogP contribution is 2.33. The van der Waals surface area contributed by atoms with Crippen LogP contribution in [-0.4, -0.2) is 16.8 Å². The van der Waals surface area contributed by atoms with E-state index in [4.69, 9.17) is 5.11 Å². The van der Waals surface area contributed by atoms with E-state index in [-0.39, 0.29) is 5.56 Å². The molecule has 0 unspecified atom stereocenters. The Bertz CT molecular complexity index is 430. The molecule has 0 heterocycles. The number of alkyl halides is 3. The first-order valence-corrected chi connectivity index (χ1v) is 6.42. The minimum atomic E-state index is -4.52. The van der Waals surface area contributed by atoms with E-state index in [0.717, 1.165) is 18.9 Å². The van der Waals surface area contributed by atoms with Crippen LogP contribution in [0.5, 0.6) is 0 Å². The smallest absolute Gasteiger partial charge is 0.416 e. The predicted octanol–water partition coefficient (Wildman–Crippen LogP) is 4.30. The quantitative estimate of drug-likeness (QED) is 0.644. The van der Waals surface area contributed by atoms with E-state index in [1.54, 1.807) is 0 Å². The van der Waals surface area contributed by atoms with Crippen LogP contribution in [0.15, 0.2) is 23.1 Å². The Balaban J connectivity index is 3.01. The van der Waals surface area contributed by atoms with Crippen LogP contribution >= 0.6 is 11.8 Å². The van der Waals surface area contributed by atoms with Crippen molar-refractivity contribution in [3.63, 3.8) is 0 Å². The van der Waals surface area contributed by atoms with Gasteiger partial charge in [-0.2, -0.15) is 13.2 Å². The molecular weight excluding hydrogens is 265 g/mol. The molecule has 1 N–H and O–H groups in total. The molecule has 0 aromatic heterocycles. The molecule has 0 aliphatic carbocycles. The monoisotopic (exact) mass is 278 g/mol. The van der Waals surface area contributed by atoms with Crippen LogP contribution < -0.4 is 0 Å². The molecule has 0 spiro atoms. The third kappa shape index (κ3) is 3.94. The number of carbonyl (C=O) groups is 1. The molecule has 0 saturated heterocycles. The molecule has 1 rings (SSSR count). The molecule has 0 radical (unpaired) electrons. The zero-order valence-corrected chi connectivity index (χ0v) is 10.6. The topological polar surface area (TPSA) is 37.3 Å². The second-order valence-electron chi connectivity index (χ2n) is 3.72. The van der Waals surface area contributed by atoms with Crippen LogP contribution in [0.3, 0.4) is 0 Å². The van der Waals surface area contributed by atoms with Gasteiger partial charge < -0.3 is 5.11 Å². The Morgan fingerprint density at radius 3 is 2.56 bits per heavy atom. The fourth-order valence-corrected chi connectivity index (χ4v) is 2.44. The number of rotatable bonds is 5. The van der Waals surface area contributed by atoms with Crippen molar-refractivity contribution in [2.24, 2.45) is 0 Å².